The van der Waals surface area contributed by atoms with E-state index in [1.807, 2.05) is 20.2 Å². The molecule has 3 rings (SSSR count). The maximum atomic E-state index is 13.8. The van der Waals surface area contributed by atoms with Crippen LogP contribution < -0.4 is 20.7 Å². The number of piperazine rings is 1. The van der Waals surface area contributed by atoms with Crippen LogP contribution in [0.5, 0.6) is 5.75 Å². The quantitative estimate of drug-likeness (QED) is 0.125. The standard InChI is InChI=1S/C30H47N5O6S/c1-34(2)15-8-5-12-24-30(40)35-25(29(39)33-24)19-23(27(35)21-10-9-11-22(18-21)41-17-16-36)28(38)32-14-7-4-3-6-13-31-26(37)20-42/h9-11,18,23-25,27,36,42H,3-8,12-17,19-20H2,1-2H3,(H,31,37)(H,32,38)(H,33,39)/t23-,24-,25-,27-/m0/s1. The molecule has 0 aromatic heterocycles. The van der Waals surface area contributed by atoms with Gasteiger partial charge in [-0.15, -0.1) is 0 Å². The van der Waals surface area contributed by atoms with Crippen LogP contribution in [0.2, 0.25) is 0 Å². The molecule has 1 aromatic rings. The van der Waals surface area contributed by atoms with Crippen LogP contribution in [-0.4, -0.2) is 103 Å². The molecule has 12 heteroatoms. The Morgan fingerprint density at radius 2 is 1.83 bits per heavy atom. The van der Waals surface area contributed by atoms with Gasteiger partial charge < -0.3 is 35.6 Å². The van der Waals surface area contributed by atoms with Gasteiger partial charge in [0.2, 0.25) is 23.6 Å². The van der Waals surface area contributed by atoms with Gasteiger partial charge in [0.05, 0.1) is 24.3 Å². The molecule has 4 atom stereocenters. The average Bonchev–Trinajstić information content (AvgIpc) is 3.39. The summed E-state index contributed by atoms with van der Waals surface area (Å²) in [5.74, 6) is -0.522. The highest BCUT2D eigenvalue weighted by atomic mass is 32.1. The van der Waals surface area contributed by atoms with Crippen molar-refractivity contribution in [3.63, 3.8) is 0 Å². The third-order valence-electron chi connectivity index (χ3n) is 7.78. The molecule has 2 aliphatic rings. The highest BCUT2D eigenvalue weighted by molar-refractivity contribution is 7.81. The van der Waals surface area contributed by atoms with Crippen molar-refractivity contribution in [2.45, 2.75) is 69.5 Å². The molecule has 2 aliphatic heterocycles. The van der Waals surface area contributed by atoms with Gasteiger partial charge in [-0.2, -0.15) is 12.6 Å². The lowest BCUT2D eigenvalue weighted by Gasteiger charge is -2.38. The van der Waals surface area contributed by atoms with Crippen LogP contribution in [0.1, 0.15) is 63.0 Å². The summed E-state index contributed by atoms with van der Waals surface area (Å²) in [6.07, 6.45) is 5.98. The predicted molar refractivity (Wildman–Crippen MR) is 163 cm³/mol. The number of hydrogen-bond acceptors (Lipinski definition) is 8. The summed E-state index contributed by atoms with van der Waals surface area (Å²) in [5, 5.41) is 17.9. The summed E-state index contributed by atoms with van der Waals surface area (Å²) >= 11 is 3.94. The number of thiol groups is 1. The van der Waals surface area contributed by atoms with Crippen LogP contribution in [0, 0.1) is 5.92 Å². The zero-order chi connectivity index (χ0) is 30.5. The molecule has 4 amide bonds. The minimum absolute atomic E-state index is 0.0821. The van der Waals surface area contributed by atoms with E-state index in [0.29, 0.717) is 25.3 Å². The van der Waals surface area contributed by atoms with Crippen molar-refractivity contribution < 1.29 is 29.0 Å². The van der Waals surface area contributed by atoms with Crippen LogP contribution in [0.25, 0.3) is 0 Å². The maximum Gasteiger partial charge on any atom is 0.246 e. The summed E-state index contributed by atoms with van der Waals surface area (Å²) in [7, 11) is 4.01. The van der Waals surface area contributed by atoms with E-state index in [2.05, 4.69) is 33.5 Å². The van der Waals surface area contributed by atoms with Crippen molar-refractivity contribution in [1.82, 2.24) is 25.8 Å². The van der Waals surface area contributed by atoms with E-state index in [-0.39, 0.29) is 49.0 Å². The molecule has 42 heavy (non-hydrogen) atoms. The van der Waals surface area contributed by atoms with Crippen LogP contribution in [0.4, 0.5) is 0 Å². The molecule has 2 saturated heterocycles. The lowest BCUT2D eigenvalue weighted by Crippen LogP contribution is -2.61. The Bertz CT molecular complexity index is 1060. The van der Waals surface area contributed by atoms with Crippen LogP contribution in [0.3, 0.4) is 0 Å². The Morgan fingerprint density at radius 3 is 2.52 bits per heavy atom. The van der Waals surface area contributed by atoms with Gasteiger partial charge in [0.25, 0.3) is 0 Å². The van der Waals surface area contributed by atoms with Crippen molar-refractivity contribution >= 4 is 36.3 Å². The summed E-state index contributed by atoms with van der Waals surface area (Å²) in [4.78, 5) is 55.6. The van der Waals surface area contributed by atoms with E-state index < -0.39 is 24.0 Å². The zero-order valence-corrected chi connectivity index (χ0v) is 25.7. The first-order chi connectivity index (χ1) is 20.3. The number of fused-ring (bicyclic) bond motifs is 1. The number of nitrogens with one attached hydrogen (secondary N) is 3. The molecule has 4 N–H and O–H groups in total. The minimum atomic E-state index is -0.717. The van der Waals surface area contributed by atoms with Crippen LogP contribution in [-0.2, 0) is 19.2 Å². The fourth-order valence-electron chi connectivity index (χ4n) is 5.70. The first kappa shape index (κ1) is 33.7. The van der Waals surface area contributed by atoms with Gasteiger partial charge in [0.1, 0.15) is 24.4 Å². The minimum Gasteiger partial charge on any atom is -0.491 e. The van der Waals surface area contributed by atoms with Crippen molar-refractivity contribution in [2.75, 3.05) is 52.7 Å². The molecule has 11 nitrogen and oxygen atoms in total. The number of amides is 4. The lowest BCUT2D eigenvalue weighted by molar-refractivity contribution is -0.149. The molecule has 0 spiro atoms. The van der Waals surface area contributed by atoms with Gasteiger partial charge in [-0.1, -0.05) is 25.0 Å². The topological polar surface area (TPSA) is 140 Å². The fourth-order valence-corrected chi connectivity index (χ4v) is 5.81. The maximum absolute atomic E-state index is 13.8. The number of nitrogens with zero attached hydrogens (tertiary/aromatic N) is 2. The van der Waals surface area contributed by atoms with Crippen molar-refractivity contribution in [3.05, 3.63) is 29.8 Å². The number of hydrogen-bond donors (Lipinski definition) is 5. The van der Waals surface area contributed by atoms with E-state index in [1.54, 1.807) is 23.1 Å². The van der Waals surface area contributed by atoms with E-state index >= 15 is 0 Å². The molecule has 0 bridgehead atoms. The molecular weight excluding hydrogens is 558 g/mol. The second kappa shape index (κ2) is 17.3. The van der Waals surface area contributed by atoms with Crippen molar-refractivity contribution in [2.24, 2.45) is 5.92 Å². The zero-order valence-electron chi connectivity index (χ0n) is 24.8. The number of ether oxygens (including phenoxy) is 1. The van der Waals surface area contributed by atoms with Crippen molar-refractivity contribution in [3.8, 4) is 5.75 Å². The van der Waals surface area contributed by atoms with Gasteiger partial charge in [-0.25, -0.2) is 0 Å². The van der Waals surface area contributed by atoms with Crippen LogP contribution in [0.15, 0.2) is 24.3 Å². The van der Waals surface area contributed by atoms with Gasteiger partial charge in [-0.3, -0.25) is 19.2 Å². The monoisotopic (exact) mass is 605 g/mol. The summed E-state index contributed by atoms with van der Waals surface area (Å²) < 4.78 is 5.62. The first-order valence-electron chi connectivity index (χ1n) is 15.0. The number of aliphatic hydroxyl groups excluding tert-OH is 1. The second-order valence-corrected chi connectivity index (χ2v) is 11.6. The fraction of sp³-hybridized carbons (Fsp3) is 0.667. The Kier molecular flexibility index (Phi) is 13.9. The van der Waals surface area contributed by atoms with Gasteiger partial charge in [0.15, 0.2) is 0 Å². The highest BCUT2D eigenvalue weighted by Gasteiger charge is 2.54. The molecule has 0 aliphatic carbocycles. The molecule has 0 radical (unpaired) electrons. The van der Waals surface area contributed by atoms with E-state index in [9.17, 15) is 24.3 Å². The van der Waals surface area contributed by atoms with E-state index in [1.165, 1.54) is 0 Å². The predicted octanol–water partition coefficient (Wildman–Crippen LogP) is 1.27. The number of benzene rings is 1. The Balaban J connectivity index is 1.69. The molecule has 1 aromatic carbocycles. The molecule has 2 heterocycles. The first-order valence-corrected chi connectivity index (χ1v) is 15.7. The summed E-state index contributed by atoms with van der Waals surface area (Å²) in [6, 6.07) is 5.28. The number of aliphatic hydroxyl groups is 1. The largest absolute Gasteiger partial charge is 0.491 e. The van der Waals surface area contributed by atoms with Crippen LogP contribution >= 0.6 is 12.6 Å². The smallest absolute Gasteiger partial charge is 0.246 e. The summed E-state index contributed by atoms with van der Waals surface area (Å²) in [6.45, 7) is 2.00. The molecule has 2 fully saturated rings. The Hall–Kier alpha value is -2.83. The third kappa shape index (κ3) is 9.60. The van der Waals surface area contributed by atoms with E-state index in [4.69, 9.17) is 4.74 Å². The number of carbonyl (C=O) groups is 4. The number of unbranched alkanes of at least 4 members (excludes halogenated alkanes) is 4. The van der Waals surface area contributed by atoms with Crippen molar-refractivity contribution in [1.29, 1.82) is 0 Å². The third-order valence-corrected chi connectivity index (χ3v) is 8.07. The second-order valence-electron chi connectivity index (χ2n) is 11.3. The van der Waals surface area contributed by atoms with E-state index in [0.717, 1.165) is 50.6 Å². The summed E-state index contributed by atoms with van der Waals surface area (Å²) in [5.41, 5.74) is 0.728. The average molecular weight is 606 g/mol. The molecular formula is C30H47N5O6S. The molecule has 234 valence electrons. The lowest BCUT2D eigenvalue weighted by atomic mass is 9.92. The normalized spacial score (nSPS) is 21.7. The molecule has 0 unspecified atom stereocenters. The SMILES string of the molecule is CN(C)CCCC[C@@H]1NC(=O)[C@@H]2C[C@H](C(=O)NCCCCCCNC(=O)CS)[C@H](c3cccc(OCCO)c3)N2C1=O. The van der Waals surface area contributed by atoms with Gasteiger partial charge in [-0.05, 0) is 76.9 Å². The Labute approximate surface area is 254 Å². The van der Waals surface area contributed by atoms with Gasteiger partial charge >= 0.3 is 0 Å². The number of carbonyl (C=O) groups excluding carboxylic acids is 4. The number of rotatable bonds is 18. The molecule has 0 saturated carbocycles. The Morgan fingerprint density at radius 1 is 1.10 bits per heavy atom. The highest BCUT2D eigenvalue weighted by Crippen LogP contribution is 2.44. The van der Waals surface area contributed by atoms with Gasteiger partial charge in [0, 0.05) is 13.1 Å².